The molecule has 2 aromatic rings. The second-order valence-corrected chi connectivity index (χ2v) is 13.5. The minimum atomic E-state index is -4.32. The van der Waals surface area contributed by atoms with Gasteiger partial charge in [0.05, 0.1) is 29.3 Å². The van der Waals surface area contributed by atoms with Gasteiger partial charge >= 0.3 is 5.97 Å². The topological polar surface area (TPSA) is 107 Å². The number of ether oxygens (including phenoxy) is 2. The van der Waals surface area contributed by atoms with Crippen LogP contribution in [0.5, 0.6) is 5.75 Å². The molecule has 0 N–H and O–H groups in total. The van der Waals surface area contributed by atoms with Crippen LogP contribution in [0.4, 0.5) is 14.5 Å². The fourth-order valence-electron chi connectivity index (χ4n) is 3.53. The number of anilines is 1. The fourth-order valence-corrected chi connectivity index (χ4v) is 5.71. The standard InChI is InChI=1S/C23H27F2NO7S2/c1-23(2,3)33-21(27)13-15-11-19(25)22-20(12-15)26(14-17(32-22)9-10-34(4,28)29)35(30,31)18-7-5-16(24)6-8-18/h5-8,11-12,17H,9-10,13-14H2,1-4H3/t17-/m0/s1. The molecule has 192 valence electrons. The summed E-state index contributed by atoms with van der Waals surface area (Å²) >= 11 is 0. The summed E-state index contributed by atoms with van der Waals surface area (Å²) in [4.78, 5) is 12.0. The minimum absolute atomic E-state index is 0.0766. The number of rotatable bonds is 7. The highest BCUT2D eigenvalue weighted by atomic mass is 32.2. The molecule has 0 aromatic heterocycles. The van der Waals surface area contributed by atoms with Crippen molar-refractivity contribution in [2.24, 2.45) is 0 Å². The van der Waals surface area contributed by atoms with E-state index < -0.39 is 49.2 Å². The second kappa shape index (κ2) is 9.73. The third kappa shape index (κ3) is 6.91. The molecular formula is C23H27F2NO7S2. The molecule has 1 aliphatic heterocycles. The maximum absolute atomic E-state index is 15.1. The van der Waals surface area contributed by atoms with Gasteiger partial charge in [0.25, 0.3) is 10.0 Å². The van der Waals surface area contributed by atoms with Crippen LogP contribution in [-0.2, 0) is 35.8 Å². The predicted molar refractivity (Wildman–Crippen MR) is 126 cm³/mol. The van der Waals surface area contributed by atoms with E-state index >= 15 is 4.39 Å². The zero-order valence-electron chi connectivity index (χ0n) is 19.7. The summed E-state index contributed by atoms with van der Waals surface area (Å²) in [6, 6.07) is 6.47. The lowest BCUT2D eigenvalue weighted by Crippen LogP contribution is -2.44. The van der Waals surface area contributed by atoms with Gasteiger partial charge in [-0.2, -0.15) is 0 Å². The van der Waals surface area contributed by atoms with E-state index in [1.165, 1.54) is 6.07 Å². The van der Waals surface area contributed by atoms with Crippen LogP contribution in [0.15, 0.2) is 41.3 Å². The average molecular weight is 532 g/mol. The molecule has 35 heavy (non-hydrogen) atoms. The van der Waals surface area contributed by atoms with E-state index in [9.17, 15) is 26.0 Å². The van der Waals surface area contributed by atoms with Gasteiger partial charge in [-0.3, -0.25) is 9.10 Å². The van der Waals surface area contributed by atoms with Gasteiger partial charge in [-0.15, -0.1) is 0 Å². The average Bonchev–Trinajstić information content (AvgIpc) is 2.70. The van der Waals surface area contributed by atoms with Gasteiger partial charge in [0.1, 0.15) is 27.4 Å². The molecule has 0 unspecified atom stereocenters. The molecular weight excluding hydrogens is 504 g/mol. The summed E-state index contributed by atoms with van der Waals surface area (Å²) in [6.45, 7) is 4.73. The summed E-state index contributed by atoms with van der Waals surface area (Å²) in [5, 5.41) is 0. The Kier molecular flexibility index (Phi) is 7.47. The van der Waals surface area contributed by atoms with Crippen molar-refractivity contribution < 1.29 is 39.9 Å². The first kappa shape index (κ1) is 26.9. The number of carbonyl (C=O) groups excluding carboxylic acids is 1. The van der Waals surface area contributed by atoms with Gasteiger partial charge in [0, 0.05) is 6.26 Å². The number of nitrogens with zero attached hydrogens (tertiary/aromatic N) is 1. The lowest BCUT2D eigenvalue weighted by Gasteiger charge is -2.36. The van der Waals surface area contributed by atoms with Crippen molar-refractivity contribution >= 4 is 31.5 Å². The summed E-state index contributed by atoms with van der Waals surface area (Å²) in [5.74, 6) is -2.86. The van der Waals surface area contributed by atoms with E-state index in [2.05, 4.69) is 0 Å². The van der Waals surface area contributed by atoms with Crippen LogP contribution in [0.1, 0.15) is 32.8 Å². The van der Waals surface area contributed by atoms with Gasteiger partial charge in [-0.1, -0.05) is 0 Å². The Morgan fingerprint density at radius 1 is 1.11 bits per heavy atom. The lowest BCUT2D eigenvalue weighted by atomic mass is 10.1. The smallest absolute Gasteiger partial charge is 0.310 e. The summed E-state index contributed by atoms with van der Waals surface area (Å²) in [7, 11) is -7.71. The highest BCUT2D eigenvalue weighted by Gasteiger charge is 2.37. The fraction of sp³-hybridized carbons (Fsp3) is 0.435. The molecule has 0 saturated heterocycles. The molecule has 0 amide bonds. The quantitative estimate of drug-likeness (QED) is 0.505. The number of sulfonamides is 1. The lowest BCUT2D eigenvalue weighted by molar-refractivity contribution is -0.153. The number of halogens is 2. The van der Waals surface area contributed by atoms with Gasteiger partial charge in [0.2, 0.25) is 0 Å². The van der Waals surface area contributed by atoms with Gasteiger partial charge < -0.3 is 9.47 Å². The van der Waals surface area contributed by atoms with Crippen molar-refractivity contribution in [3.05, 3.63) is 53.6 Å². The molecule has 0 saturated carbocycles. The zero-order chi connectivity index (χ0) is 26.2. The highest BCUT2D eigenvalue weighted by molar-refractivity contribution is 7.92. The first-order chi connectivity index (χ1) is 16.0. The van der Waals surface area contributed by atoms with E-state index in [4.69, 9.17) is 9.47 Å². The molecule has 0 bridgehead atoms. The molecule has 1 heterocycles. The molecule has 2 aromatic carbocycles. The van der Waals surface area contributed by atoms with E-state index in [0.717, 1.165) is 40.9 Å². The Hall–Kier alpha value is -2.73. The number of sulfone groups is 1. The van der Waals surface area contributed by atoms with Crippen LogP contribution >= 0.6 is 0 Å². The number of benzene rings is 2. The van der Waals surface area contributed by atoms with Crippen LogP contribution in [-0.4, -0.2) is 53.1 Å². The van der Waals surface area contributed by atoms with Gasteiger partial charge in [-0.05, 0) is 69.2 Å². The second-order valence-electron chi connectivity index (χ2n) is 9.34. The Bertz CT molecular complexity index is 1320. The van der Waals surface area contributed by atoms with Crippen LogP contribution in [0.2, 0.25) is 0 Å². The summed E-state index contributed by atoms with van der Waals surface area (Å²) in [5.41, 5.74) is -0.755. The number of esters is 1. The molecule has 1 atom stereocenters. The maximum atomic E-state index is 15.1. The Balaban J connectivity index is 2.05. The molecule has 0 radical (unpaired) electrons. The molecule has 0 aliphatic carbocycles. The summed E-state index contributed by atoms with van der Waals surface area (Å²) in [6.07, 6.45) is -0.324. The first-order valence-electron chi connectivity index (χ1n) is 10.7. The number of hydrogen-bond acceptors (Lipinski definition) is 7. The monoisotopic (exact) mass is 531 g/mol. The van der Waals surface area contributed by atoms with Crippen molar-refractivity contribution in [2.45, 2.75) is 50.2 Å². The van der Waals surface area contributed by atoms with Crippen LogP contribution in [0, 0.1) is 11.6 Å². The Morgan fingerprint density at radius 2 is 1.74 bits per heavy atom. The Labute approximate surface area is 203 Å². The predicted octanol–water partition coefficient (Wildman–Crippen LogP) is 3.24. The normalized spacial score (nSPS) is 16.4. The van der Waals surface area contributed by atoms with E-state index in [1.807, 2.05) is 0 Å². The SMILES string of the molecule is CC(C)(C)OC(=O)Cc1cc(F)c2c(c1)N(S(=O)(=O)c1ccc(F)cc1)C[C@H](CCS(C)(=O)=O)O2. The van der Waals surface area contributed by atoms with Crippen LogP contribution in [0.3, 0.4) is 0 Å². The van der Waals surface area contributed by atoms with Gasteiger partial charge in [0.15, 0.2) is 11.6 Å². The van der Waals surface area contributed by atoms with Gasteiger partial charge in [-0.25, -0.2) is 25.6 Å². The first-order valence-corrected chi connectivity index (χ1v) is 14.2. The van der Waals surface area contributed by atoms with E-state index in [0.29, 0.717) is 0 Å². The molecule has 1 aliphatic rings. The minimum Gasteiger partial charge on any atom is -0.483 e. The molecule has 0 spiro atoms. The number of carbonyl (C=O) groups is 1. The third-order valence-electron chi connectivity index (χ3n) is 4.99. The van der Waals surface area contributed by atoms with Crippen molar-refractivity contribution in [3.63, 3.8) is 0 Å². The Morgan fingerprint density at radius 3 is 2.31 bits per heavy atom. The third-order valence-corrected chi connectivity index (χ3v) is 7.76. The van der Waals surface area contributed by atoms with Crippen LogP contribution in [0.25, 0.3) is 0 Å². The molecule has 0 fully saturated rings. The maximum Gasteiger partial charge on any atom is 0.310 e. The van der Waals surface area contributed by atoms with Crippen molar-refractivity contribution in [1.29, 1.82) is 0 Å². The number of hydrogen-bond donors (Lipinski definition) is 0. The van der Waals surface area contributed by atoms with Crippen molar-refractivity contribution in [3.8, 4) is 5.75 Å². The highest BCUT2D eigenvalue weighted by Crippen LogP contribution is 2.40. The molecule has 3 rings (SSSR count). The van der Waals surface area contributed by atoms with E-state index in [-0.39, 0.29) is 47.0 Å². The zero-order valence-corrected chi connectivity index (χ0v) is 21.4. The van der Waals surface area contributed by atoms with Crippen LogP contribution < -0.4 is 9.04 Å². The summed E-state index contributed by atoms with van der Waals surface area (Å²) < 4.78 is 90.5. The molecule has 8 nitrogen and oxygen atoms in total. The van der Waals surface area contributed by atoms with Crippen molar-refractivity contribution in [2.75, 3.05) is 22.9 Å². The largest absolute Gasteiger partial charge is 0.483 e. The van der Waals surface area contributed by atoms with E-state index in [1.54, 1.807) is 20.8 Å². The molecule has 12 heteroatoms. The van der Waals surface area contributed by atoms with Crippen molar-refractivity contribution in [1.82, 2.24) is 0 Å². The number of fused-ring (bicyclic) bond motifs is 1.